The van der Waals surface area contributed by atoms with E-state index in [9.17, 15) is 0 Å². The van der Waals surface area contributed by atoms with E-state index in [4.69, 9.17) is 4.42 Å². The van der Waals surface area contributed by atoms with Crippen LogP contribution in [0.5, 0.6) is 0 Å². The molecule has 0 N–H and O–H groups in total. The summed E-state index contributed by atoms with van der Waals surface area (Å²) >= 11 is 0. The normalized spacial score (nSPS) is 11.1. The van der Waals surface area contributed by atoms with Gasteiger partial charge in [0.15, 0.2) is 0 Å². The minimum absolute atomic E-state index is 0.880. The first-order chi connectivity index (χ1) is 22.3. The van der Waals surface area contributed by atoms with Crippen molar-refractivity contribution in [2.45, 2.75) is 0 Å². The van der Waals surface area contributed by atoms with E-state index in [-0.39, 0.29) is 0 Å². The zero-order valence-corrected chi connectivity index (χ0v) is 24.7. The molecule has 0 saturated heterocycles. The molecule has 0 aliphatic rings. The van der Waals surface area contributed by atoms with Gasteiger partial charge >= 0.3 is 0 Å². The van der Waals surface area contributed by atoms with E-state index in [0.717, 1.165) is 55.7 Å². The van der Waals surface area contributed by atoms with E-state index in [2.05, 4.69) is 176 Å². The van der Waals surface area contributed by atoms with Crippen LogP contribution in [-0.2, 0) is 0 Å². The predicted molar refractivity (Wildman–Crippen MR) is 189 cm³/mol. The van der Waals surface area contributed by atoms with Gasteiger partial charge in [-0.1, -0.05) is 170 Å². The molecule has 0 fully saturated rings. The average molecular weight is 575 g/mol. The molecule has 0 spiro atoms. The van der Waals surface area contributed by atoms with Crippen LogP contribution in [0.25, 0.3) is 77.9 Å². The summed E-state index contributed by atoms with van der Waals surface area (Å²) in [7, 11) is 0. The summed E-state index contributed by atoms with van der Waals surface area (Å²) < 4.78 is 7.05. The first-order valence-corrected chi connectivity index (χ1v) is 15.4. The van der Waals surface area contributed by atoms with Crippen molar-refractivity contribution in [3.8, 4) is 67.2 Å². The Morgan fingerprint density at radius 1 is 0.267 bits per heavy atom. The van der Waals surface area contributed by atoms with Crippen molar-refractivity contribution in [3.05, 3.63) is 182 Å². The Labute approximate surface area is 263 Å². The van der Waals surface area contributed by atoms with E-state index in [1.165, 1.54) is 22.3 Å². The van der Waals surface area contributed by atoms with Gasteiger partial charge in [-0.25, -0.2) is 0 Å². The van der Waals surface area contributed by atoms with Gasteiger partial charge in [0, 0.05) is 21.9 Å². The molecule has 1 heterocycles. The van der Waals surface area contributed by atoms with Gasteiger partial charge in [0.2, 0.25) is 0 Å². The van der Waals surface area contributed by atoms with Crippen molar-refractivity contribution < 1.29 is 4.42 Å². The molecular formula is C44H30O. The summed E-state index contributed by atoms with van der Waals surface area (Å²) in [4.78, 5) is 0. The molecule has 1 aromatic heterocycles. The zero-order chi connectivity index (χ0) is 30.0. The number of furan rings is 1. The lowest BCUT2D eigenvalue weighted by Crippen LogP contribution is -1.92. The monoisotopic (exact) mass is 574 g/mol. The first kappa shape index (κ1) is 26.7. The minimum atomic E-state index is 0.880. The Bertz CT molecular complexity index is 2150. The van der Waals surface area contributed by atoms with Crippen LogP contribution in [0.3, 0.4) is 0 Å². The van der Waals surface area contributed by atoms with E-state index >= 15 is 0 Å². The highest BCUT2D eigenvalue weighted by Crippen LogP contribution is 2.48. The second-order valence-corrected chi connectivity index (χ2v) is 11.3. The highest BCUT2D eigenvalue weighted by Gasteiger charge is 2.23. The van der Waals surface area contributed by atoms with Crippen LogP contribution in [0.15, 0.2) is 186 Å². The van der Waals surface area contributed by atoms with E-state index in [0.29, 0.717) is 0 Å². The molecule has 212 valence electrons. The van der Waals surface area contributed by atoms with Gasteiger partial charge in [0.05, 0.1) is 0 Å². The maximum Gasteiger partial charge on any atom is 0.143 e. The van der Waals surface area contributed by atoms with Crippen molar-refractivity contribution in [2.75, 3.05) is 0 Å². The van der Waals surface area contributed by atoms with E-state index in [1.807, 2.05) is 6.07 Å². The maximum atomic E-state index is 7.05. The van der Waals surface area contributed by atoms with Crippen LogP contribution in [-0.4, -0.2) is 0 Å². The fraction of sp³-hybridized carbons (Fsp3) is 0. The maximum absolute atomic E-state index is 7.05. The fourth-order valence-electron chi connectivity index (χ4n) is 6.31. The van der Waals surface area contributed by atoms with Crippen molar-refractivity contribution in [3.63, 3.8) is 0 Å². The molecule has 1 nitrogen and oxygen atoms in total. The molecule has 8 aromatic rings. The molecule has 0 atom stereocenters. The Morgan fingerprint density at radius 2 is 0.622 bits per heavy atom. The largest absolute Gasteiger partial charge is 0.455 e. The number of hydrogen-bond acceptors (Lipinski definition) is 1. The molecule has 0 radical (unpaired) electrons. The van der Waals surface area contributed by atoms with Gasteiger partial charge in [-0.15, -0.1) is 0 Å². The topological polar surface area (TPSA) is 13.1 Å². The van der Waals surface area contributed by atoms with Gasteiger partial charge in [-0.2, -0.15) is 0 Å². The molecule has 45 heavy (non-hydrogen) atoms. The van der Waals surface area contributed by atoms with Gasteiger partial charge in [-0.05, 0) is 56.6 Å². The second-order valence-electron chi connectivity index (χ2n) is 11.3. The smallest absolute Gasteiger partial charge is 0.143 e. The summed E-state index contributed by atoms with van der Waals surface area (Å²) in [6.07, 6.45) is 0. The van der Waals surface area contributed by atoms with Gasteiger partial charge in [0.1, 0.15) is 11.5 Å². The van der Waals surface area contributed by atoms with Crippen LogP contribution in [0, 0.1) is 0 Å². The molecule has 0 amide bonds. The Morgan fingerprint density at radius 3 is 1.11 bits per heavy atom. The van der Waals surface area contributed by atoms with Crippen molar-refractivity contribution in [1.29, 1.82) is 0 Å². The third-order valence-electron chi connectivity index (χ3n) is 8.52. The average Bonchev–Trinajstić information content (AvgIpc) is 3.52. The fourth-order valence-corrected chi connectivity index (χ4v) is 6.31. The molecule has 7 aromatic carbocycles. The summed E-state index contributed by atoms with van der Waals surface area (Å²) in [5, 5.41) is 2.20. The van der Waals surface area contributed by atoms with Crippen LogP contribution in [0.2, 0.25) is 0 Å². The third-order valence-corrected chi connectivity index (χ3v) is 8.52. The molecule has 0 aliphatic heterocycles. The number of hydrogen-bond donors (Lipinski definition) is 0. The van der Waals surface area contributed by atoms with E-state index < -0.39 is 0 Å². The van der Waals surface area contributed by atoms with Crippen LogP contribution in [0.4, 0.5) is 0 Å². The third kappa shape index (κ3) is 5.05. The molecular weight excluding hydrogens is 544 g/mol. The summed E-state index contributed by atoms with van der Waals surface area (Å²) in [5.41, 5.74) is 11.5. The molecule has 0 aliphatic carbocycles. The van der Waals surface area contributed by atoms with Crippen LogP contribution in [0.1, 0.15) is 0 Å². The molecule has 0 unspecified atom stereocenters. The zero-order valence-electron chi connectivity index (χ0n) is 24.7. The lowest BCUT2D eigenvalue weighted by Gasteiger charge is -2.18. The van der Waals surface area contributed by atoms with Crippen molar-refractivity contribution >= 4 is 10.8 Å². The highest BCUT2D eigenvalue weighted by molar-refractivity contribution is 6.08. The molecule has 0 bridgehead atoms. The lowest BCUT2D eigenvalue weighted by molar-refractivity contribution is 0.602. The van der Waals surface area contributed by atoms with E-state index in [1.54, 1.807) is 0 Å². The first-order valence-electron chi connectivity index (χ1n) is 15.4. The second kappa shape index (κ2) is 11.6. The Kier molecular flexibility index (Phi) is 6.90. The van der Waals surface area contributed by atoms with Crippen molar-refractivity contribution in [1.82, 2.24) is 0 Å². The molecule has 1 heteroatoms. The van der Waals surface area contributed by atoms with Gasteiger partial charge < -0.3 is 4.42 Å². The summed E-state index contributed by atoms with van der Waals surface area (Å²) in [6, 6.07) is 64.4. The Hall–Kier alpha value is -5.92. The number of fused-ring (bicyclic) bond motifs is 1. The van der Waals surface area contributed by atoms with Gasteiger partial charge in [0.25, 0.3) is 0 Å². The number of rotatable bonds is 6. The SMILES string of the molecule is c1ccc(-c2ccc(-c3oc(-c4c(-c5ccccc5)cc(-c5ccccc5)cc4-c4ccccc4)c4ccccc34)cc2)cc1. The highest BCUT2D eigenvalue weighted by atomic mass is 16.3. The van der Waals surface area contributed by atoms with Crippen LogP contribution < -0.4 is 0 Å². The summed E-state index contributed by atoms with van der Waals surface area (Å²) in [6.45, 7) is 0. The predicted octanol–water partition coefficient (Wildman–Crippen LogP) is 12.4. The van der Waals surface area contributed by atoms with Crippen molar-refractivity contribution in [2.24, 2.45) is 0 Å². The molecule has 0 saturated carbocycles. The van der Waals surface area contributed by atoms with Crippen LogP contribution >= 0.6 is 0 Å². The minimum Gasteiger partial charge on any atom is -0.455 e. The summed E-state index contributed by atoms with van der Waals surface area (Å²) in [5.74, 6) is 1.76. The van der Waals surface area contributed by atoms with Gasteiger partial charge in [-0.3, -0.25) is 0 Å². The lowest BCUT2D eigenvalue weighted by atomic mass is 9.86. The Balaban J connectivity index is 1.40. The quantitative estimate of drug-likeness (QED) is 0.192. The number of benzene rings is 7. The standard InChI is InChI=1S/C44H30O/c1-5-15-31(16-6-1)33-25-27-36(28-26-33)43-38-23-13-14-24-39(38)44(45-43)42-40(34-19-9-3-10-20-34)29-37(32-17-7-2-8-18-32)30-41(42)35-21-11-4-12-22-35/h1-30H. The molecule has 8 rings (SSSR count).